The van der Waals surface area contributed by atoms with Crippen molar-refractivity contribution >= 4 is 29.2 Å². The lowest BCUT2D eigenvalue weighted by molar-refractivity contribution is -0.131. The quantitative estimate of drug-likeness (QED) is 0.537. The normalized spacial score (nSPS) is 15.0. The molecule has 1 fully saturated rings. The number of thiophene rings is 1. The summed E-state index contributed by atoms with van der Waals surface area (Å²) < 4.78 is 0. The Labute approximate surface area is 163 Å². The first-order valence-electron chi connectivity index (χ1n) is 9.08. The second-order valence-corrected chi connectivity index (χ2v) is 7.22. The average Bonchev–Trinajstić information content (AvgIpc) is 3.22. The van der Waals surface area contributed by atoms with Crippen LogP contribution in [0.4, 0.5) is 5.95 Å². The molecule has 0 radical (unpaired) electrons. The second-order valence-electron chi connectivity index (χ2n) is 6.19. The molecule has 0 saturated carbocycles. The lowest BCUT2D eigenvalue weighted by Gasteiger charge is -2.34. The molecule has 0 atom stereocenters. The Morgan fingerprint density at radius 3 is 2.70 bits per heavy atom. The van der Waals surface area contributed by atoms with Gasteiger partial charge in [0.15, 0.2) is 5.96 Å². The summed E-state index contributed by atoms with van der Waals surface area (Å²) in [5.41, 5.74) is 5.86. The van der Waals surface area contributed by atoms with Crippen molar-refractivity contribution in [3.8, 4) is 0 Å². The lowest BCUT2D eigenvalue weighted by Crippen LogP contribution is -2.49. The maximum absolute atomic E-state index is 12.3. The van der Waals surface area contributed by atoms with Crippen molar-refractivity contribution in [2.24, 2.45) is 10.7 Å². The van der Waals surface area contributed by atoms with Gasteiger partial charge in [-0.05, 0) is 17.5 Å². The van der Waals surface area contributed by atoms with Gasteiger partial charge in [0.25, 0.3) is 0 Å². The summed E-state index contributed by atoms with van der Waals surface area (Å²) in [4.78, 5) is 30.4. The van der Waals surface area contributed by atoms with E-state index in [4.69, 9.17) is 5.73 Å². The van der Waals surface area contributed by atoms with Crippen molar-refractivity contribution < 1.29 is 4.79 Å². The number of hydrogen-bond acceptors (Lipinski definition) is 6. The van der Waals surface area contributed by atoms with E-state index >= 15 is 0 Å². The number of piperazine rings is 1. The molecule has 27 heavy (non-hydrogen) atoms. The molecule has 2 aromatic heterocycles. The number of aromatic nitrogens is 2. The maximum Gasteiger partial charge on any atom is 0.225 e. The minimum absolute atomic E-state index is 0.127. The summed E-state index contributed by atoms with van der Waals surface area (Å²) in [7, 11) is 0. The third kappa shape index (κ3) is 5.92. The molecular formula is C18H25N7OS. The number of aliphatic imine (C=N–C) groups is 1. The number of hydrogen-bond donors (Lipinski definition) is 2. The van der Waals surface area contributed by atoms with Crippen molar-refractivity contribution in [1.29, 1.82) is 0 Å². The molecule has 1 saturated heterocycles. The third-order valence-electron chi connectivity index (χ3n) is 4.33. The minimum Gasteiger partial charge on any atom is -0.370 e. The molecule has 1 aliphatic rings. The van der Waals surface area contributed by atoms with Crippen LogP contribution in [0.1, 0.15) is 11.3 Å². The molecule has 3 rings (SSSR count). The van der Waals surface area contributed by atoms with E-state index in [1.54, 1.807) is 29.8 Å². The summed E-state index contributed by atoms with van der Waals surface area (Å²) in [6, 6.07) is 5.92. The standard InChI is InChI=1S/C18H25N7OS/c19-17(20-8-4-15-3-1-14-27-15)21-9-5-16(26)24-10-12-25(13-11-24)18-22-6-2-7-23-18/h1-3,6-7,14H,4-5,8-13H2,(H3,19,20,21). The number of guanidine groups is 1. The van der Waals surface area contributed by atoms with Gasteiger partial charge in [-0.1, -0.05) is 6.07 Å². The Balaban J connectivity index is 1.32. The summed E-state index contributed by atoms with van der Waals surface area (Å²) in [6.07, 6.45) is 4.76. The van der Waals surface area contributed by atoms with Crippen molar-refractivity contribution in [2.75, 3.05) is 44.2 Å². The molecule has 1 amide bonds. The van der Waals surface area contributed by atoms with Crippen LogP contribution in [0.2, 0.25) is 0 Å². The number of carbonyl (C=O) groups is 1. The minimum atomic E-state index is 0.127. The van der Waals surface area contributed by atoms with Crippen molar-refractivity contribution in [3.63, 3.8) is 0 Å². The van der Waals surface area contributed by atoms with Gasteiger partial charge in [-0.15, -0.1) is 11.3 Å². The molecule has 3 N–H and O–H groups in total. The first-order chi connectivity index (χ1) is 13.2. The van der Waals surface area contributed by atoms with Gasteiger partial charge >= 0.3 is 0 Å². The van der Waals surface area contributed by atoms with E-state index in [2.05, 4.69) is 36.6 Å². The van der Waals surface area contributed by atoms with Crippen LogP contribution >= 0.6 is 11.3 Å². The molecule has 2 aromatic rings. The molecule has 1 aliphatic heterocycles. The Bertz CT molecular complexity index is 727. The monoisotopic (exact) mass is 387 g/mol. The van der Waals surface area contributed by atoms with Crippen LogP contribution in [0.3, 0.4) is 0 Å². The number of carbonyl (C=O) groups excluding carboxylic acids is 1. The zero-order valence-electron chi connectivity index (χ0n) is 15.3. The van der Waals surface area contributed by atoms with Crippen LogP contribution in [0.25, 0.3) is 0 Å². The maximum atomic E-state index is 12.3. The smallest absolute Gasteiger partial charge is 0.225 e. The molecule has 144 valence electrons. The fraction of sp³-hybridized carbons (Fsp3) is 0.444. The predicted octanol–water partition coefficient (Wildman–Crippen LogP) is 0.724. The number of amides is 1. The highest BCUT2D eigenvalue weighted by molar-refractivity contribution is 7.09. The van der Waals surface area contributed by atoms with Crippen molar-refractivity contribution in [1.82, 2.24) is 20.2 Å². The van der Waals surface area contributed by atoms with Gasteiger partial charge in [-0.2, -0.15) is 0 Å². The molecular weight excluding hydrogens is 362 g/mol. The van der Waals surface area contributed by atoms with E-state index < -0.39 is 0 Å². The van der Waals surface area contributed by atoms with Crippen molar-refractivity contribution in [2.45, 2.75) is 12.8 Å². The number of rotatable bonds is 7. The highest BCUT2D eigenvalue weighted by Gasteiger charge is 2.21. The van der Waals surface area contributed by atoms with Gasteiger partial charge < -0.3 is 20.9 Å². The molecule has 0 unspecified atom stereocenters. The van der Waals surface area contributed by atoms with E-state index in [9.17, 15) is 4.79 Å². The van der Waals surface area contributed by atoms with Crippen molar-refractivity contribution in [3.05, 3.63) is 40.8 Å². The summed E-state index contributed by atoms with van der Waals surface area (Å²) >= 11 is 1.72. The summed E-state index contributed by atoms with van der Waals surface area (Å²) in [6.45, 7) is 4.00. The van der Waals surface area contributed by atoms with Crippen LogP contribution in [0.5, 0.6) is 0 Å². The Morgan fingerprint density at radius 2 is 2.00 bits per heavy atom. The molecule has 0 bridgehead atoms. The predicted molar refractivity (Wildman–Crippen MR) is 108 cm³/mol. The van der Waals surface area contributed by atoms with Gasteiger partial charge in [-0.3, -0.25) is 9.79 Å². The number of nitrogens with one attached hydrogen (secondary N) is 1. The van der Waals surface area contributed by atoms with Gasteiger partial charge in [0.1, 0.15) is 0 Å². The average molecular weight is 388 g/mol. The molecule has 0 aromatic carbocycles. The number of nitrogens with two attached hydrogens (primary N) is 1. The zero-order chi connectivity index (χ0) is 18.9. The molecule has 0 spiro atoms. The van der Waals surface area contributed by atoms with Gasteiger partial charge in [0.05, 0.1) is 0 Å². The first-order valence-corrected chi connectivity index (χ1v) is 9.96. The molecule has 9 heteroatoms. The Kier molecular flexibility index (Phi) is 6.97. The highest BCUT2D eigenvalue weighted by atomic mass is 32.1. The largest absolute Gasteiger partial charge is 0.370 e. The molecule has 0 aliphatic carbocycles. The first kappa shape index (κ1) is 19.1. The third-order valence-corrected chi connectivity index (χ3v) is 5.27. The number of anilines is 1. The second kappa shape index (κ2) is 9.86. The number of nitrogens with zero attached hydrogens (tertiary/aromatic N) is 5. The topological polar surface area (TPSA) is 99.7 Å². The summed E-state index contributed by atoms with van der Waals surface area (Å²) in [5, 5.41) is 5.08. The van der Waals surface area contributed by atoms with Crippen LogP contribution in [0.15, 0.2) is 41.0 Å². The zero-order valence-corrected chi connectivity index (χ0v) is 16.1. The van der Waals surface area contributed by atoms with Gasteiger partial charge in [0, 0.05) is 69.4 Å². The fourth-order valence-electron chi connectivity index (χ4n) is 2.86. The van der Waals surface area contributed by atoms with Gasteiger partial charge in [0.2, 0.25) is 11.9 Å². The fourth-order valence-corrected chi connectivity index (χ4v) is 3.56. The van der Waals surface area contributed by atoms with E-state index in [-0.39, 0.29) is 5.91 Å². The van der Waals surface area contributed by atoms with Crippen LogP contribution < -0.4 is 16.0 Å². The highest BCUT2D eigenvalue weighted by Crippen LogP contribution is 2.10. The van der Waals surface area contributed by atoms with E-state index in [1.807, 2.05) is 11.0 Å². The van der Waals surface area contributed by atoms with E-state index in [0.29, 0.717) is 38.6 Å². The SMILES string of the molecule is NC(=NCCc1cccs1)NCCC(=O)N1CCN(c2ncccn2)CC1. The van der Waals surface area contributed by atoms with Crippen LogP contribution in [0, 0.1) is 0 Å². The van der Waals surface area contributed by atoms with E-state index in [1.165, 1.54) is 4.88 Å². The Morgan fingerprint density at radius 1 is 1.22 bits per heavy atom. The van der Waals surface area contributed by atoms with E-state index in [0.717, 1.165) is 25.5 Å². The molecule has 8 nitrogen and oxygen atoms in total. The lowest BCUT2D eigenvalue weighted by atomic mass is 10.3. The summed E-state index contributed by atoms with van der Waals surface area (Å²) in [5.74, 6) is 1.24. The van der Waals surface area contributed by atoms with Crippen LogP contribution in [-0.2, 0) is 11.2 Å². The van der Waals surface area contributed by atoms with Gasteiger partial charge in [-0.25, -0.2) is 9.97 Å². The molecule has 3 heterocycles. The van der Waals surface area contributed by atoms with Crippen LogP contribution in [-0.4, -0.2) is 66.0 Å². The Hall–Kier alpha value is -2.68.